The molecule has 5 aliphatic rings. The van der Waals surface area contributed by atoms with Crippen LogP contribution in [0, 0.1) is 51.2 Å². The summed E-state index contributed by atoms with van der Waals surface area (Å²) in [6.45, 7) is 22.5. The molecule has 0 bridgehead atoms. The monoisotopic (exact) mass is 613 g/mol. The smallest absolute Gasteiger partial charge is 0.335 e. The molecule has 1 aromatic carbocycles. The minimum absolute atomic E-state index is 0.0266. The van der Waals surface area contributed by atoms with Gasteiger partial charge >= 0.3 is 5.97 Å². The van der Waals surface area contributed by atoms with E-state index in [1.165, 1.54) is 68.1 Å². The Kier molecular flexibility index (Phi) is 8.15. The molecular formula is C41H59NO3. The highest BCUT2D eigenvalue weighted by Crippen LogP contribution is 2.76. The van der Waals surface area contributed by atoms with Gasteiger partial charge in [-0.2, -0.15) is 0 Å². The summed E-state index contributed by atoms with van der Waals surface area (Å²) in [6.07, 6.45) is 15.5. The van der Waals surface area contributed by atoms with Crippen LogP contribution < -0.4 is 5.32 Å². The van der Waals surface area contributed by atoms with Gasteiger partial charge in [0.1, 0.15) is 5.78 Å². The third-order valence-electron chi connectivity index (χ3n) is 15.3. The molecule has 45 heavy (non-hydrogen) atoms. The highest BCUT2D eigenvalue weighted by molar-refractivity contribution is 5.88. The molecule has 4 heteroatoms. The molecule has 0 aromatic heterocycles. The van der Waals surface area contributed by atoms with Crippen LogP contribution in [-0.4, -0.2) is 28.9 Å². The number of hydrogen-bond donors (Lipinski definition) is 2. The molecule has 0 saturated heterocycles. The second kappa shape index (κ2) is 11.2. The first-order valence-electron chi connectivity index (χ1n) is 18.0. The molecule has 4 fully saturated rings. The third-order valence-corrected chi connectivity index (χ3v) is 15.3. The van der Waals surface area contributed by atoms with E-state index < -0.39 is 5.97 Å². The molecule has 4 nitrogen and oxygen atoms in total. The summed E-state index contributed by atoms with van der Waals surface area (Å²) in [7, 11) is 0. The number of rotatable bonds is 8. The Balaban J connectivity index is 1.31. The first-order chi connectivity index (χ1) is 21.1. The first-order valence-corrected chi connectivity index (χ1v) is 18.0. The van der Waals surface area contributed by atoms with E-state index in [0.29, 0.717) is 58.2 Å². The molecule has 5 aliphatic carbocycles. The number of allylic oxidation sites excluding steroid dienone is 3. The lowest BCUT2D eigenvalue weighted by molar-refractivity contribution is -0.219. The number of carbonyl (C=O) groups is 2. The van der Waals surface area contributed by atoms with E-state index >= 15 is 0 Å². The average molecular weight is 614 g/mol. The Hall–Kier alpha value is -2.20. The number of benzene rings is 1. The molecular weight excluding hydrogens is 554 g/mol. The Morgan fingerprint density at radius 1 is 0.889 bits per heavy atom. The Morgan fingerprint density at radius 3 is 2.24 bits per heavy atom. The van der Waals surface area contributed by atoms with Crippen molar-refractivity contribution in [2.45, 2.75) is 125 Å². The van der Waals surface area contributed by atoms with Gasteiger partial charge in [-0.05, 0) is 159 Å². The number of carboxylic acid groups (broad SMARTS) is 1. The normalized spacial score (nSPS) is 41.6. The molecule has 1 aromatic rings. The van der Waals surface area contributed by atoms with E-state index in [9.17, 15) is 14.7 Å². The summed E-state index contributed by atoms with van der Waals surface area (Å²) in [4.78, 5) is 23.2. The fourth-order valence-corrected chi connectivity index (χ4v) is 13.0. The van der Waals surface area contributed by atoms with Crippen LogP contribution in [0.15, 0.2) is 42.5 Å². The predicted octanol–water partition coefficient (Wildman–Crippen LogP) is 9.75. The number of hydrogen-bond acceptors (Lipinski definition) is 3. The van der Waals surface area contributed by atoms with Crippen molar-refractivity contribution in [2.75, 3.05) is 6.54 Å². The molecule has 0 aliphatic heterocycles. The maximum absolute atomic E-state index is 11.7. The van der Waals surface area contributed by atoms with E-state index in [1.54, 1.807) is 19.1 Å². The second-order valence-electron chi connectivity index (χ2n) is 17.5. The molecule has 0 unspecified atom stereocenters. The summed E-state index contributed by atoms with van der Waals surface area (Å²) < 4.78 is 0. The minimum Gasteiger partial charge on any atom is -0.478 e. The van der Waals surface area contributed by atoms with Crippen molar-refractivity contribution in [3.05, 3.63) is 53.6 Å². The number of nitrogens with one attached hydrogen (secondary N) is 1. The molecule has 246 valence electrons. The predicted molar refractivity (Wildman–Crippen MR) is 184 cm³/mol. The van der Waals surface area contributed by atoms with Gasteiger partial charge < -0.3 is 15.2 Å². The van der Waals surface area contributed by atoms with Gasteiger partial charge in [0, 0.05) is 12.0 Å². The zero-order valence-corrected chi connectivity index (χ0v) is 29.2. The lowest BCUT2D eigenvalue weighted by Crippen LogP contribution is -2.68. The van der Waals surface area contributed by atoms with E-state index in [0.717, 1.165) is 19.4 Å². The highest BCUT2D eigenvalue weighted by atomic mass is 16.4. The maximum atomic E-state index is 11.7. The van der Waals surface area contributed by atoms with Crippen molar-refractivity contribution < 1.29 is 14.7 Å². The number of ketones is 1. The van der Waals surface area contributed by atoms with Crippen LogP contribution in [0.1, 0.15) is 135 Å². The van der Waals surface area contributed by atoms with Gasteiger partial charge in [-0.25, -0.2) is 4.79 Å². The van der Waals surface area contributed by atoms with Crippen LogP contribution in [0.4, 0.5) is 0 Å². The fourth-order valence-electron chi connectivity index (χ4n) is 13.0. The molecule has 4 saturated carbocycles. The van der Waals surface area contributed by atoms with Crippen LogP contribution in [0.2, 0.25) is 0 Å². The van der Waals surface area contributed by atoms with E-state index in [-0.39, 0.29) is 16.4 Å². The maximum Gasteiger partial charge on any atom is 0.335 e. The Morgan fingerprint density at radius 2 is 1.60 bits per heavy atom. The van der Waals surface area contributed by atoms with Gasteiger partial charge in [0.15, 0.2) is 0 Å². The standard InChI is InChI=1S/C41H59NO3/c1-26(2)30-17-22-41(42-25-9-10-27(3)43)24-23-39(7)32(35(30)41)15-16-34-38(6)20-18-31(28-11-13-29(14-12-28)36(44)45)37(4,5)33(38)19-21-40(34,39)8/h11-14,18,30,32-35,42H,1,9-10,15-17,19-25H2,2-8H3,(H,44,45)/t30-,32+,33-,34+,35+,38-,39+,40+,41-/m0/s1. The number of carbonyl (C=O) groups excluding carboxylic acids is 1. The van der Waals surface area contributed by atoms with Crippen LogP contribution in [0.5, 0.6) is 0 Å². The Bertz CT molecular complexity index is 1390. The number of fused-ring (bicyclic) bond motifs is 7. The third kappa shape index (κ3) is 4.85. The van der Waals surface area contributed by atoms with E-state index in [2.05, 4.69) is 59.5 Å². The van der Waals surface area contributed by atoms with Gasteiger partial charge in [-0.1, -0.05) is 65.0 Å². The minimum atomic E-state index is -0.863. The molecule has 0 amide bonds. The zero-order valence-electron chi connectivity index (χ0n) is 29.2. The van der Waals surface area contributed by atoms with E-state index in [1.807, 2.05) is 12.1 Å². The van der Waals surface area contributed by atoms with Gasteiger partial charge in [-0.15, -0.1) is 0 Å². The Labute approximate surface area is 272 Å². The van der Waals surface area contributed by atoms with Gasteiger partial charge in [0.05, 0.1) is 5.56 Å². The summed E-state index contributed by atoms with van der Waals surface area (Å²) in [5, 5.41) is 13.6. The quantitative estimate of drug-likeness (QED) is 0.226. The van der Waals surface area contributed by atoms with Crippen molar-refractivity contribution in [1.82, 2.24) is 5.32 Å². The number of carboxylic acids is 1. The van der Waals surface area contributed by atoms with Crippen LogP contribution in [0.3, 0.4) is 0 Å². The molecule has 6 rings (SSSR count). The summed E-state index contributed by atoms with van der Waals surface area (Å²) in [5.74, 6) is 2.66. The van der Waals surface area contributed by atoms with Crippen molar-refractivity contribution >= 4 is 17.3 Å². The summed E-state index contributed by atoms with van der Waals surface area (Å²) in [5.41, 5.74) is 5.39. The SMILES string of the molecule is C=C(C)[C@@H]1CC[C@]2(NCCCC(C)=O)CC[C@]3(C)[C@H](CC[C@@H]4[C@@]5(C)CC=C(c6ccc(C(=O)O)cc6)C(C)(C)[C@@H]5CC[C@]43C)[C@@H]12. The summed E-state index contributed by atoms with van der Waals surface area (Å²) >= 11 is 0. The van der Waals surface area contributed by atoms with Crippen molar-refractivity contribution in [2.24, 2.45) is 51.2 Å². The number of Topliss-reactive ketones (excluding diaryl/α,β-unsaturated/α-hetero) is 1. The molecule has 9 atom stereocenters. The molecule has 0 radical (unpaired) electrons. The lowest BCUT2D eigenvalue weighted by Gasteiger charge is -2.72. The van der Waals surface area contributed by atoms with Crippen molar-refractivity contribution in [3.8, 4) is 0 Å². The van der Waals surface area contributed by atoms with Gasteiger partial charge in [0.2, 0.25) is 0 Å². The van der Waals surface area contributed by atoms with Crippen molar-refractivity contribution in [1.29, 1.82) is 0 Å². The second-order valence-corrected chi connectivity index (χ2v) is 17.5. The topological polar surface area (TPSA) is 66.4 Å². The van der Waals surface area contributed by atoms with Crippen LogP contribution in [-0.2, 0) is 4.79 Å². The van der Waals surface area contributed by atoms with Crippen LogP contribution >= 0.6 is 0 Å². The first kappa shape index (κ1) is 32.7. The number of aromatic carboxylic acids is 1. The highest BCUT2D eigenvalue weighted by Gasteiger charge is 2.70. The average Bonchev–Trinajstić information content (AvgIpc) is 3.36. The largest absolute Gasteiger partial charge is 0.478 e. The lowest BCUT2D eigenvalue weighted by atomic mass is 9.33. The zero-order chi connectivity index (χ0) is 32.6. The van der Waals surface area contributed by atoms with Gasteiger partial charge in [0.25, 0.3) is 0 Å². The molecule has 0 spiro atoms. The van der Waals surface area contributed by atoms with E-state index in [4.69, 9.17) is 0 Å². The molecule has 2 N–H and O–H groups in total. The molecule has 0 heterocycles. The summed E-state index contributed by atoms with van der Waals surface area (Å²) in [6, 6.07) is 7.60. The van der Waals surface area contributed by atoms with Gasteiger partial charge in [-0.3, -0.25) is 0 Å². The fraction of sp³-hybridized carbons (Fsp3) is 0.707. The van der Waals surface area contributed by atoms with Crippen molar-refractivity contribution in [3.63, 3.8) is 0 Å². The van der Waals surface area contributed by atoms with Crippen LogP contribution in [0.25, 0.3) is 5.57 Å².